The zero-order valence-corrected chi connectivity index (χ0v) is 13.9. The van der Waals surface area contributed by atoms with Crippen LogP contribution in [0.4, 0.5) is 5.69 Å². The zero-order chi connectivity index (χ0) is 13.7. The van der Waals surface area contributed by atoms with Gasteiger partial charge < -0.3 is 9.80 Å². The molecule has 1 rings (SSSR count). The van der Waals surface area contributed by atoms with Crippen LogP contribution in [-0.4, -0.2) is 38.1 Å². The molecule has 0 bridgehead atoms. The Kier molecular flexibility index (Phi) is 6.47. The molecule has 1 aromatic rings. The van der Waals surface area contributed by atoms with Crippen molar-refractivity contribution in [2.75, 3.05) is 32.1 Å². The van der Waals surface area contributed by atoms with Crippen LogP contribution in [0, 0.1) is 0 Å². The van der Waals surface area contributed by atoms with E-state index in [0.717, 1.165) is 17.6 Å². The Labute approximate surface area is 124 Å². The van der Waals surface area contributed by atoms with E-state index in [9.17, 15) is 0 Å². The van der Waals surface area contributed by atoms with Gasteiger partial charge in [0.05, 0.1) is 0 Å². The summed E-state index contributed by atoms with van der Waals surface area (Å²) in [4.78, 5) is 4.62. The molecule has 4 heteroatoms. The van der Waals surface area contributed by atoms with E-state index in [-0.39, 0.29) is 0 Å². The number of hydrogen-bond acceptors (Lipinski definition) is 2. The summed E-state index contributed by atoms with van der Waals surface area (Å²) < 4.78 is 1.08. The lowest BCUT2D eigenvalue weighted by molar-refractivity contribution is 0.373. The van der Waals surface area contributed by atoms with Crippen LogP contribution < -0.4 is 4.90 Å². The predicted molar refractivity (Wildman–Crippen MR) is 84.7 cm³/mol. The van der Waals surface area contributed by atoms with Crippen LogP contribution in [0.25, 0.3) is 0 Å². The quantitative estimate of drug-likeness (QED) is 0.727. The minimum Gasteiger partial charge on any atom is -0.368 e. The highest BCUT2D eigenvalue weighted by Crippen LogP contribution is 2.27. The van der Waals surface area contributed by atoms with E-state index < -0.39 is 0 Å². The van der Waals surface area contributed by atoms with Crippen LogP contribution in [0.15, 0.2) is 22.7 Å². The van der Waals surface area contributed by atoms with Crippen molar-refractivity contribution in [3.05, 3.63) is 28.2 Å². The van der Waals surface area contributed by atoms with Gasteiger partial charge in [-0.15, -0.1) is 11.6 Å². The average molecular weight is 334 g/mol. The number of rotatable bonds is 6. The molecule has 0 aliphatic carbocycles. The highest BCUT2D eigenvalue weighted by atomic mass is 79.9. The molecule has 0 spiro atoms. The summed E-state index contributed by atoms with van der Waals surface area (Å²) in [5.41, 5.74) is 2.42. The van der Waals surface area contributed by atoms with E-state index in [1.807, 2.05) is 0 Å². The maximum atomic E-state index is 6.06. The third kappa shape index (κ3) is 4.15. The third-order valence-electron chi connectivity index (χ3n) is 3.00. The number of halogens is 2. The van der Waals surface area contributed by atoms with Gasteiger partial charge >= 0.3 is 0 Å². The lowest BCUT2D eigenvalue weighted by Crippen LogP contribution is -2.40. The Morgan fingerprint density at radius 1 is 1.33 bits per heavy atom. The van der Waals surface area contributed by atoms with Gasteiger partial charge in [-0.05, 0) is 51.7 Å². The van der Waals surface area contributed by atoms with Gasteiger partial charge in [0.25, 0.3) is 0 Å². The van der Waals surface area contributed by atoms with Gasteiger partial charge in [0, 0.05) is 35.2 Å². The van der Waals surface area contributed by atoms with Crippen molar-refractivity contribution in [3.8, 4) is 0 Å². The fraction of sp³-hybridized carbons (Fsp3) is 0.571. The van der Waals surface area contributed by atoms with E-state index >= 15 is 0 Å². The maximum absolute atomic E-state index is 6.06. The molecule has 0 fully saturated rings. The number of hydrogen-bond donors (Lipinski definition) is 0. The molecule has 0 N–H and O–H groups in total. The molecule has 1 atom stereocenters. The Morgan fingerprint density at radius 2 is 2.00 bits per heavy atom. The summed E-state index contributed by atoms with van der Waals surface area (Å²) in [6, 6.07) is 6.80. The van der Waals surface area contributed by atoms with Gasteiger partial charge in [0.1, 0.15) is 0 Å². The highest BCUT2D eigenvalue weighted by molar-refractivity contribution is 9.10. The lowest BCUT2D eigenvalue weighted by atomic mass is 10.1. The molecule has 0 amide bonds. The van der Waals surface area contributed by atoms with Crippen LogP contribution in [0.5, 0.6) is 0 Å². The van der Waals surface area contributed by atoms with Gasteiger partial charge in [-0.2, -0.15) is 0 Å². The molecule has 1 unspecified atom stereocenters. The van der Waals surface area contributed by atoms with Crippen LogP contribution in [-0.2, 0) is 5.88 Å². The van der Waals surface area contributed by atoms with Gasteiger partial charge in [-0.3, -0.25) is 0 Å². The number of likely N-dealkylation sites (N-methyl/N-ethyl adjacent to an activating group) is 2. The molecule has 0 heterocycles. The average Bonchev–Trinajstić information content (AvgIpc) is 2.30. The molecule has 18 heavy (non-hydrogen) atoms. The first kappa shape index (κ1) is 15.8. The predicted octanol–water partition coefficient (Wildman–Crippen LogP) is 3.96. The van der Waals surface area contributed by atoms with E-state index in [1.54, 1.807) is 0 Å². The Morgan fingerprint density at radius 3 is 2.50 bits per heavy atom. The van der Waals surface area contributed by atoms with Crippen molar-refractivity contribution in [3.63, 3.8) is 0 Å². The van der Waals surface area contributed by atoms with E-state index in [2.05, 4.69) is 71.9 Å². The third-order valence-corrected chi connectivity index (χ3v) is 3.78. The molecule has 0 aromatic heterocycles. The van der Waals surface area contributed by atoms with E-state index in [1.165, 1.54) is 11.3 Å². The van der Waals surface area contributed by atoms with Crippen molar-refractivity contribution in [2.45, 2.75) is 25.8 Å². The molecule has 2 nitrogen and oxygen atoms in total. The fourth-order valence-electron chi connectivity index (χ4n) is 2.29. The summed E-state index contributed by atoms with van der Waals surface area (Å²) in [6.07, 6.45) is 0. The van der Waals surface area contributed by atoms with Crippen LogP contribution in [0.3, 0.4) is 0 Å². The van der Waals surface area contributed by atoms with Crippen molar-refractivity contribution < 1.29 is 0 Å². The summed E-state index contributed by atoms with van der Waals surface area (Å²) in [5.74, 6) is 0.542. The second kappa shape index (κ2) is 7.37. The topological polar surface area (TPSA) is 6.48 Å². The molecule has 0 aliphatic heterocycles. The standard InChI is InChI=1S/C14H22BrClN2/c1-5-18(11(2)10-17(3)4)14-7-6-13(15)8-12(14)9-16/h6-8,11H,5,9-10H2,1-4H3. The second-order valence-electron chi connectivity index (χ2n) is 4.80. The molecule has 0 aliphatic rings. The smallest absolute Gasteiger partial charge is 0.0494 e. The van der Waals surface area contributed by atoms with Crippen LogP contribution in [0.2, 0.25) is 0 Å². The summed E-state index contributed by atoms with van der Waals surface area (Å²) in [7, 11) is 4.21. The first-order valence-electron chi connectivity index (χ1n) is 6.25. The Balaban J connectivity index is 3.00. The minimum atomic E-state index is 0.466. The fourth-order valence-corrected chi connectivity index (χ4v) is 2.91. The zero-order valence-electron chi connectivity index (χ0n) is 11.6. The number of anilines is 1. The van der Waals surface area contributed by atoms with Crippen LogP contribution >= 0.6 is 27.5 Å². The Hall–Kier alpha value is -0.250. The van der Waals surface area contributed by atoms with Gasteiger partial charge in [-0.1, -0.05) is 15.9 Å². The summed E-state index contributed by atoms with van der Waals surface area (Å²) >= 11 is 9.56. The van der Waals surface area contributed by atoms with E-state index in [0.29, 0.717) is 11.9 Å². The maximum Gasteiger partial charge on any atom is 0.0494 e. The minimum absolute atomic E-state index is 0.466. The first-order valence-corrected chi connectivity index (χ1v) is 7.58. The normalized spacial score (nSPS) is 12.8. The molecule has 1 aromatic carbocycles. The number of alkyl halides is 1. The molecule has 102 valence electrons. The van der Waals surface area contributed by atoms with Crippen LogP contribution in [0.1, 0.15) is 19.4 Å². The van der Waals surface area contributed by atoms with Gasteiger partial charge in [0.2, 0.25) is 0 Å². The van der Waals surface area contributed by atoms with Crippen molar-refractivity contribution in [1.82, 2.24) is 4.90 Å². The van der Waals surface area contributed by atoms with Gasteiger partial charge in [0.15, 0.2) is 0 Å². The molecule has 0 saturated carbocycles. The second-order valence-corrected chi connectivity index (χ2v) is 5.99. The SMILES string of the molecule is CCN(c1ccc(Br)cc1CCl)C(C)CN(C)C. The van der Waals surface area contributed by atoms with Gasteiger partial charge in [-0.25, -0.2) is 0 Å². The Bertz CT molecular complexity index is 382. The summed E-state index contributed by atoms with van der Waals surface area (Å²) in [6.45, 7) is 6.46. The monoisotopic (exact) mass is 332 g/mol. The lowest BCUT2D eigenvalue weighted by Gasteiger charge is -2.33. The van der Waals surface area contributed by atoms with Crippen molar-refractivity contribution in [1.29, 1.82) is 0 Å². The molecule has 0 saturated heterocycles. The number of nitrogens with zero attached hydrogens (tertiary/aromatic N) is 2. The molecule has 0 radical (unpaired) electrons. The summed E-state index contributed by atoms with van der Waals surface area (Å²) in [5, 5.41) is 0. The highest BCUT2D eigenvalue weighted by Gasteiger charge is 2.16. The number of benzene rings is 1. The molecular formula is C14H22BrClN2. The largest absolute Gasteiger partial charge is 0.368 e. The van der Waals surface area contributed by atoms with Crippen molar-refractivity contribution >= 4 is 33.2 Å². The van der Waals surface area contributed by atoms with Crippen molar-refractivity contribution in [2.24, 2.45) is 0 Å². The molecular weight excluding hydrogens is 312 g/mol. The van der Waals surface area contributed by atoms with E-state index in [4.69, 9.17) is 11.6 Å². The first-order chi connectivity index (χ1) is 8.49.